The summed E-state index contributed by atoms with van der Waals surface area (Å²) in [7, 11) is 0. The van der Waals surface area contributed by atoms with E-state index in [9.17, 15) is 4.79 Å². The van der Waals surface area contributed by atoms with E-state index in [4.69, 9.17) is 0 Å². The Kier molecular flexibility index (Phi) is 10.7. The topological polar surface area (TPSA) is 59.8 Å². The molecule has 150 valence electrons. The second-order valence-electron chi connectivity index (χ2n) is 7.54. The van der Waals surface area contributed by atoms with E-state index in [0.717, 1.165) is 23.9 Å². The van der Waals surface area contributed by atoms with Crippen molar-refractivity contribution >= 4 is 17.3 Å². The number of fused-ring (bicyclic) bond motifs is 1. The van der Waals surface area contributed by atoms with E-state index in [2.05, 4.69) is 22.6 Å². The van der Waals surface area contributed by atoms with Crippen LogP contribution in [0.1, 0.15) is 71.1 Å². The summed E-state index contributed by atoms with van der Waals surface area (Å²) in [6.45, 7) is 4.53. The van der Waals surface area contributed by atoms with E-state index in [-0.39, 0.29) is 5.92 Å². The molecule has 0 spiro atoms. The number of nitrogens with zero attached hydrogens (tertiary/aromatic N) is 3. The Bertz CT molecular complexity index is 640. The van der Waals surface area contributed by atoms with Crippen LogP contribution < -0.4 is 5.32 Å². The number of rotatable bonds is 16. The third kappa shape index (κ3) is 8.21. The molecule has 1 aromatic carbocycles. The van der Waals surface area contributed by atoms with Gasteiger partial charge in [-0.2, -0.15) is 0 Å². The van der Waals surface area contributed by atoms with E-state index in [1.54, 1.807) is 0 Å². The van der Waals surface area contributed by atoms with Gasteiger partial charge in [-0.1, -0.05) is 82.1 Å². The van der Waals surface area contributed by atoms with Gasteiger partial charge < -0.3 is 10.1 Å². The lowest BCUT2D eigenvalue weighted by atomic mass is 10.1. The predicted octanol–water partition coefficient (Wildman–Crippen LogP) is 4.76. The first-order valence-electron chi connectivity index (χ1n) is 10.8. The van der Waals surface area contributed by atoms with Gasteiger partial charge in [0.05, 0.1) is 12.1 Å². The Morgan fingerprint density at radius 2 is 1.67 bits per heavy atom. The second kappa shape index (κ2) is 13.4. The summed E-state index contributed by atoms with van der Waals surface area (Å²) >= 11 is 0. The number of hydrogen-bond acceptors (Lipinski definition) is 4. The lowest BCUT2D eigenvalue weighted by molar-refractivity contribution is -0.111. The minimum absolute atomic E-state index is 0.0711. The summed E-state index contributed by atoms with van der Waals surface area (Å²) in [5.41, 5.74) is 1.86. The highest BCUT2D eigenvalue weighted by molar-refractivity contribution is 5.73. The molecule has 0 aliphatic rings. The number of aromatic nitrogens is 3. The Hall–Kier alpha value is -1.75. The molecule has 0 radical (unpaired) electrons. The summed E-state index contributed by atoms with van der Waals surface area (Å²) in [6, 6.07) is 7.86. The molecule has 0 bridgehead atoms. The summed E-state index contributed by atoms with van der Waals surface area (Å²) < 4.78 is 1.83. The van der Waals surface area contributed by atoms with Crippen molar-refractivity contribution in [3.8, 4) is 0 Å². The van der Waals surface area contributed by atoms with Crippen LogP contribution in [0.25, 0.3) is 11.0 Å². The first-order valence-corrected chi connectivity index (χ1v) is 10.8. The number of unbranched alkanes of at least 4 members (excludes halogenated alkanes) is 9. The predicted molar refractivity (Wildman–Crippen MR) is 112 cm³/mol. The molecule has 5 nitrogen and oxygen atoms in total. The largest absolute Gasteiger partial charge is 0.316 e. The molecule has 0 saturated heterocycles. The number of carbonyl (C=O) groups is 1. The van der Waals surface area contributed by atoms with Crippen molar-refractivity contribution in [2.24, 2.45) is 5.92 Å². The zero-order valence-corrected chi connectivity index (χ0v) is 16.9. The van der Waals surface area contributed by atoms with Crippen molar-refractivity contribution in [2.45, 2.75) is 77.7 Å². The van der Waals surface area contributed by atoms with Crippen molar-refractivity contribution in [3.05, 3.63) is 24.3 Å². The Morgan fingerprint density at radius 1 is 1.00 bits per heavy atom. The highest BCUT2D eigenvalue weighted by atomic mass is 16.1. The molecule has 0 aliphatic carbocycles. The van der Waals surface area contributed by atoms with E-state index in [1.807, 2.05) is 28.9 Å². The third-order valence-electron chi connectivity index (χ3n) is 5.13. The zero-order chi connectivity index (χ0) is 19.2. The maximum absolute atomic E-state index is 11.4. The van der Waals surface area contributed by atoms with Gasteiger partial charge in [0, 0.05) is 12.5 Å². The van der Waals surface area contributed by atoms with Crippen molar-refractivity contribution in [3.63, 3.8) is 0 Å². The van der Waals surface area contributed by atoms with Gasteiger partial charge in [-0.15, -0.1) is 5.10 Å². The SMILES string of the molecule is CCCCCCCCCCCCNCC(C=O)Cn1nnc2ccccc21. The molecule has 1 atom stereocenters. The molecule has 0 fully saturated rings. The molecule has 1 N–H and O–H groups in total. The van der Waals surface area contributed by atoms with Crippen LogP contribution >= 0.6 is 0 Å². The minimum Gasteiger partial charge on any atom is -0.316 e. The highest BCUT2D eigenvalue weighted by Crippen LogP contribution is 2.12. The third-order valence-corrected chi connectivity index (χ3v) is 5.13. The number of carbonyl (C=O) groups excluding carboxylic acids is 1. The number of nitrogens with one attached hydrogen (secondary N) is 1. The van der Waals surface area contributed by atoms with Gasteiger partial charge in [0.1, 0.15) is 11.8 Å². The number of para-hydroxylation sites is 1. The molecule has 2 rings (SSSR count). The van der Waals surface area contributed by atoms with Gasteiger partial charge in [0.25, 0.3) is 0 Å². The lowest BCUT2D eigenvalue weighted by Gasteiger charge is -2.12. The molecule has 1 heterocycles. The molecule has 0 saturated carbocycles. The van der Waals surface area contributed by atoms with Gasteiger partial charge in [-0.3, -0.25) is 0 Å². The molecule has 2 aromatic rings. The van der Waals surface area contributed by atoms with E-state index >= 15 is 0 Å². The van der Waals surface area contributed by atoms with Crippen molar-refractivity contribution in [1.29, 1.82) is 0 Å². The Morgan fingerprint density at radius 3 is 2.37 bits per heavy atom. The van der Waals surface area contributed by atoms with Gasteiger partial charge in [0.2, 0.25) is 0 Å². The van der Waals surface area contributed by atoms with Crippen molar-refractivity contribution in [2.75, 3.05) is 13.1 Å². The summed E-state index contributed by atoms with van der Waals surface area (Å²) in [6.07, 6.45) is 14.5. The first kappa shape index (κ1) is 21.5. The average molecular weight is 373 g/mol. The monoisotopic (exact) mass is 372 g/mol. The quantitative estimate of drug-likeness (QED) is 0.341. The van der Waals surface area contributed by atoms with Crippen LogP contribution in [-0.4, -0.2) is 34.4 Å². The maximum atomic E-state index is 11.4. The molecule has 27 heavy (non-hydrogen) atoms. The highest BCUT2D eigenvalue weighted by Gasteiger charge is 2.11. The molecular formula is C22H36N4O. The van der Waals surface area contributed by atoms with Gasteiger partial charge in [0.15, 0.2) is 0 Å². The smallest absolute Gasteiger partial charge is 0.126 e. The molecule has 5 heteroatoms. The normalized spacial score (nSPS) is 12.5. The lowest BCUT2D eigenvalue weighted by Crippen LogP contribution is -2.28. The van der Waals surface area contributed by atoms with Gasteiger partial charge >= 0.3 is 0 Å². The molecular weight excluding hydrogens is 336 g/mol. The van der Waals surface area contributed by atoms with Crippen LogP contribution in [0.15, 0.2) is 24.3 Å². The Balaban J connectivity index is 1.51. The van der Waals surface area contributed by atoms with Crippen LogP contribution in [0.2, 0.25) is 0 Å². The van der Waals surface area contributed by atoms with Crippen LogP contribution in [0.3, 0.4) is 0 Å². The summed E-state index contributed by atoms with van der Waals surface area (Å²) in [5, 5.41) is 11.8. The fourth-order valence-electron chi connectivity index (χ4n) is 3.45. The maximum Gasteiger partial charge on any atom is 0.126 e. The minimum atomic E-state index is -0.0711. The number of aldehydes is 1. The standard InChI is InChI=1S/C22H36N4O/c1-2-3-4-5-6-7-8-9-10-13-16-23-17-20(19-27)18-26-22-15-12-11-14-21(22)24-25-26/h11-12,14-15,19-20,23H,2-10,13,16-18H2,1H3. The summed E-state index contributed by atoms with van der Waals surface area (Å²) in [5.74, 6) is -0.0711. The fourth-order valence-corrected chi connectivity index (χ4v) is 3.45. The van der Waals surface area contributed by atoms with E-state index < -0.39 is 0 Å². The number of hydrogen-bond donors (Lipinski definition) is 1. The van der Waals surface area contributed by atoms with E-state index in [1.165, 1.54) is 64.2 Å². The van der Waals surface area contributed by atoms with E-state index in [0.29, 0.717) is 13.1 Å². The van der Waals surface area contributed by atoms with Crippen LogP contribution in [0, 0.1) is 5.92 Å². The van der Waals surface area contributed by atoms with Crippen LogP contribution in [0.5, 0.6) is 0 Å². The summed E-state index contributed by atoms with van der Waals surface area (Å²) in [4.78, 5) is 11.4. The molecule has 0 aliphatic heterocycles. The fraction of sp³-hybridized carbons (Fsp3) is 0.682. The van der Waals surface area contributed by atoms with Gasteiger partial charge in [-0.25, -0.2) is 4.68 Å². The molecule has 0 amide bonds. The molecule has 1 unspecified atom stereocenters. The second-order valence-corrected chi connectivity index (χ2v) is 7.54. The van der Waals surface area contributed by atoms with Crippen LogP contribution in [0.4, 0.5) is 0 Å². The van der Waals surface area contributed by atoms with Gasteiger partial charge in [-0.05, 0) is 25.1 Å². The van der Waals surface area contributed by atoms with Crippen LogP contribution in [-0.2, 0) is 11.3 Å². The molecule has 1 aromatic heterocycles. The van der Waals surface area contributed by atoms with Crippen molar-refractivity contribution < 1.29 is 4.79 Å². The zero-order valence-electron chi connectivity index (χ0n) is 16.9. The Labute approximate surface area is 163 Å². The average Bonchev–Trinajstić information content (AvgIpc) is 3.11. The first-order chi connectivity index (χ1) is 13.3. The number of benzene rings is 1. The van der Waals surface area contributed by atoms with Crippen molar-refractivity contribution in [1.82, 2.24) is 20.3 Å².